The van der Waals surface area contributed by atoms with Crippen molar-refractivity contribution in [1.82, 2.24) is 0 Å². The number of hydrogen-bond acceptors (Lipinski definition) is 0. The van der Waals surface area contributed by atoms with E-state index in [0.29, 0.717) is 22.9 Å². The van der Waals surface area contributed by atoms with E-state index in [4.69, 9.17) is 0 Å². The number of halogens is 5. The summed E-state index contributed by atoms with van der Waals surface area (Å²) in [6.07, 6.45) is 0.457. The summed E-state index contributed by atoms with van der Waals surface area (Å²) in [5, 5.41) is 1.42. The second-order valence-electron chi connectivity index (χ2n) is 7.31. The molecular formula is C28H15F5. The van der Waals surface area contributed by atoms with Crippen LogP contribution in [0.4, 0.5) is 22.0 Å². The van der Waals surface area contributed by atoms with Crippen LogP contribution in [0.25, 0.3) is 10.8 Å². The Labute approximate surface area is 187 Å². The van der Waals surface area contributed by atoms with E-state index in [1.807, 2.05) is 0 Å². The third-order valence-electron chi connectivity index (χ3n) is 5.02. The number of rotatable bonds is 1. The second kappa shape index (κ2) is 9.18. The fraction of sp³-hybridized carbons (Fsp3) is 0.0714. The predicted octanol–water partition coefficient (Wildman–Crippen LogP) is 6.90. The van der Waals surface area contributed by atoms with Gasteiger partial charge in [0, 0.05) is 11.1 Å². The molecule has 0 nitrogen and oxygen atoms in total. The van der Waals surface area contributed by atoms with E-state index in [9.17, 15) is 22.0 Å². The lowest BCUT2D eigenvalue weighted by molar-refractivity contribution is 0.574. The molecule has 0 aliphatic rings. The van der Waals surface area contributed by atoms with E-state index in [-0.39, 0.29) is 11.4 Å². The van der Waals surface area contributed by atoms with Gasteiger partial charge < -0.3 is 0 Å². The first-order chi connectivity index (χ1) is 15.8. The normalized spacial score (nSPS) is 10.4. The minimum Gasteiger partial charge on any atom is -0.207 e. The molecule has 0 atom stereocenters. The van der Waals surface area contributed by atoms with Crippen LogP contribution in [0.3, 0.4) is 0 Å². The Morgan fingerprint density at radius 3 is 1.67 bits per heavy atom. The molecule has 0 amide bonds. The fourth-order valence-corrected chi connectivity index (χ4v) is 3.28. The van der Waals surface area contributed by atoms with Crippen molar-refractivity contribution in [2.45, 2.75) is 13.3 Å². The lowest BCUT2D eigenvalue weighted by atomic mass is 10.1. The highest BCUT2D eigenvalue weighted by Gasteiger charge is 2.10. The van der Waals surface area contributed by atoms with Crippen LogP contribution in [0.5, 0.6) is 0 Å². The topological polar surface area (TPSA) is 0 Å². The lowest BCUT2D eigenvalue weighted by Gasteiger charge is -2.02. The van der Waals surface area contributed by atoms with Crippen LogP contribution in [0.2, 0.25) is 0 Å². The molecule has 162 valence electrons. The van der Waals surface area contributed by atoms with Crippen LogP contribution in [-0.4, -0.2) is 0 Å². The molecule has 0 heterocycles. The number of fused-ring (bicyclic) bond motifs is 1. The van der Waals surface area contributed by atoms with Crippen LogP contribution < -0.4 is 0 Å². The molecular weight excluding hydrogens is 431 g/mol. The number of benzene rings is 4. The van der Waals surface area contributed by atoms with Crippen molar-refractivity contribution in [2.75, 3.05) is 0 Å². The Balaban J connectivity index is 1.64. The standard InChI is InChI=1S/C28H15F5/c1-2-17-12-25(30)24(26(31)13-17)10-5-19-14-27(32)23(28(33)15-19)9-4-18-3-6-21-16-22(29)8-7-20(21)11-18/h3,6-8,11-16H,2H2,1H3. The zero-order valence-corrected chi connectivity index (χ0v) is 17.4. The molecule has 0 saturated carbocycles. The summed E-state index contributed by atoms with van der Waals surface area (Å²) in [5.74, 6) is 5.94. The van der Waals surface area contributed by atoms with E-state index in [2.05, 4.69) is 23.7 Å². The molecule has 5 heteroatoms. The van der Waals surface area contributed by atoms with Gasteiger partial charge in [-0.25, -0.2) is 22.0 Å². The molecule has 0 fully saturated rings. The third kappa shape index (κ3) is 4.89. The smallest absolute Gasteiger partial charge is 0.143 e. The first-order valence-corrected chi connectivity index (χ1v) is 10.0. The van der Waals surface area contributed by atoms with Crippen LogP contribution in [-0.2, 0) is 6.42 Å². The predicted molar refractivity (Wildman–Crippen MR) is 118 cm³/mol. The van der Waals surface area contributed by atoms with Gasteiger partial charge in [-0.2, -0.15) is 0 Å². The van der Waals surface area contributed by atoms with E-state index in [0.717, 1.165) is 17.5 Å². The van der Waals surface area contributed by atoms with Crippen molar-refractivity contribution < 1.29 is 22.0 Å². The number of aryl methyl sites for hydroxylation is 1. The van der Waals surface area contributed by atoms with Gasteiger partial charge in [-0.1, -0.05) is 42.7 Å². The SMILES string of the molecule is CCc1cc(F)c(C#Cc2cc(F)c(C#Cc3ccc4cc(F)ccc4c3)c(F)c2)c(F)c1. The zero-order valence-electron chi connectivity index (χ0n) is 17.4. The monoisotopic (exact) mass is 446 g/mol. The minimum atomic E-state index is -0.947. The van der Waals surface area contributed by atoms with Gasteiger partial charge in [0.05, 0.1) is 11.1 Å². The molecule has 0 aliphatic heterocycles. The summed E-state index contributed by atoms with van der Waals surface area (Å²) < 4.78 is 70.4. The lowest BCUT2D eigenvalue weighted by Crippen LogP contribution is -1.95. The molecule has 0 radical (unpaired) electrons. The average Bonchev–Trinajstić information content (AvgIpc) is 2.77. The first kappa shape index (κ1) is 22.1. The average molecular weight is 446 g/mol. The van der Waals surface area contributed by atoms with Gasteiger partial charge in [-0.15, -0.1) is 0 Å². The summed E-state index contributed by atoms with van der Waals surface area (Å²) in [7, 11) is 0. The fourth-order valence-electron chi connectivity index (χ4n) is 3.28. The van der Waals surface area contributed by atoms with E-state index in [1.165, 1.54) is 24.3 Å². The summed E-state index contributed by atoms with van der Waals surface area (Å²) >= 11 is 0. The molecule has 4 rings (SSSR count). The highest BCUT2D eigenvalue weighted by atomic mass is 19.1. The maximum atomic E-state index is 14.5. The number of hydrogen-bond donors (Lipinski definition) is 0. The van der Waals surface area contributed by atoms with Crippen LogP contribution in [0, 0.1) is 52.8 Å². The van der Waals surface area contributed by atoms with Crippen LogP contribution in [0.15, 0.2) is 60.7 Å². The summed E-state index contributed by atoms with van der Waals surface area (Å²) in [6, 6.07) is 13.5. The second-order valence-corrected chi connectivity index (χ2v) is 7.31. The van der Waals surface area contributed by atoms with Gasteiger partial charge in [0.2, 0.25) is 0 Å². The molecule has 0 spiro atoms. The van der Waals surface area contributed by atoms with Crippen molar-refractivity contribution in [3.8, 4) is 23.7 Å². The van der Waals surface area contributed by atoms with Crippen LogP contribution >= 0.6 is 0 Å². The summed E-state index contributed by atoms with van der Waals surface area (Å²) in [4.78, 5) is 0. The maximum absolute atomic E-state index is 14.5. The third-order valence-corrected chi connectivity index (χ3v) is 5.02. The Kier molecular flexibility index (Phi) is 6.16. The van der Waals surface area contributed by atoms with E-state index in [1.54, 1.807) is 31.2 Å². The highest BCUT2D eigenvalue weighted by molar-refractivity contribution is 5.84. The van der Waals surface area contributed by atoms with Gasteiger partial charge in [0.25, 0.3) is 0 Å². The first-order valence-electron chi connectivity index (χ1n) is 10.0. The molecule has 4 aromatic carbocycles. The minimum absolute atomic E-state index is 0.0818. The van der Waals surface area contributed by atoms with Crippen molar-refractivity contribution in [3.05, 3.63) is 118 Å². The largest absolute Gasteiger partial charge is 0.207 e. The highest BCUT2D eigenvalue weighted by Crippen LogP contribution is 2.19. The Hall–Kier alpha value is -4.09. The van der Waals surface area contributed by atoms with E-state index < -0.39 is 34.4 Å². The van der Waals surface area contributed by atoms with Gasteiger partial charge in [-0.05, 0) is 71.3 Å². The maximum Gasteiger partial charge on any atom is 0.143 e. The molecule has 0 N–H and O–H groups in total. The van der Waals surface area contributed by atoms with Crippen molar-refractivity contribution in [2.24, 2.45) is 0 Å². The van der Waals surface area contributed by atoms with Crippen LogP contribution in [0.1, 0.15) is 34.7 Å². The summed E-state index contributed by atoms with van der Waals surface area (Å²) in [6.45, 7) is 1.76. The molecule has 33 heavy (non-hydrogen) atoms. The molecule has 0 unspecified atom stereocenters. The Morgan fingerprint density at radius 1 is 0.545 bits per heavy atom. The van der Waals surface area contributed by atoms with Gasteiger partial charge in [-0.3, -0.25) is 0 Å². The Bertz CT molecular complexity index is 1460. The van der Waals surface area contributed by atoms with Crippen molar-refractivity contribution >= 4 is 10.8 Å². The van der Waals surface area contributed by atoms with Crippen molar-refractivity contribution in [1.29, 1.82) is 0 Å². The zero-order chi connectivity index (χ0) is 23.5. The summed E-state index contributed by atoms with van der Waals surface area (Å²) in [5.41, 5.74) is -0.0217. The molecule has 0 bridgehead atoms. The van der Waals surface area contributed by atoms with Gasteiger partial charge in [0.15, 0.2) is 0 Å². The van der Waals surface area contributed by atoms with Gasteiger partial charge in [0.1, 0.15) is 29.1 Å². The molecule has 0 saturated heterocycles. The van der Waals surface area contributed by atoms with Crippen molar-refractivity contribution in [3.63, 3.8) is 0 Å². The molecule has 4 aromatic rings. The quantitative estimate of drug-likeness (QED) is 0.220. The van der Waals surface area contributed by atoms with Gasteiger partial charge >= 0.3 is 0 Å². The molecule has 0 aliphatic carbocycles. The molecule has 0 aromatic heterocycles. The Morgan fingerprint density at radius 2 is 1.06 bits per heavy atom. The van der Waals surface area contributed by atoms with E-state index >= 15 is 0 Å².